The van der Waals surface area contributed by atoms with Gasteiger partial charge in [-0.15, -0.1) is 10.2 Å². The number of hydrogen-bond donors (Lipinski definition) is 1. The molecule has 0 aliphatic heterocycles. The zero-order valence-corrected chi connectivity index (χ0v) is 14.2. The van der Waals surface area contributed by atoms with Crippen LogP contribution < -0.4 is 5.32 Å². The molecule has 0 saturated carbocycles. The standard InChI is InChI=1S/C20H14N6O/c27-20(18-7-8-19(25-24-18)26-12-21-11-22-26)23-15-5-6-17-14(10-15)9-13-3-1-2-4-16(13)17/h1-8,10-12H,9H2,(H,23,27). The van der Waals surface area contributed by atoms with Crippen molar-refractivity contribution in [2.75, 3.05) is 5.32 Å². The number of hydrogen-bond acceptors (Lipinski definition) is 5. The molecule has 0 spiro atoms. The number of aromatic nitrogens is 5. The number of amides is 1. The van der Waals surface area contributed by atoms with E-state index in [0.717, 1.165) is 12.1 Å². The summed E-state index contributed by atoms with van der Waals surface area (Å²) in [7, 11) is 0. The third-order valence-corrected chi connectivity index (χ3v) is 4.59. The normalized spacial score (nSPS) is 11.7. The van der Waals surface area contributed by atoms with Crippen molar-refractivity contribution < 1.29 is 4.79 Å². The van der Waals surface area contributed by atoms with Crippen LogP contribution in [0.1, 0.15) is 21.6 Å². The van der Waals surface area contributed by atoms with E-state index < -0.39 is 0 Å². The Hall–Kier alpha value is -3.87. The van der Waals surface area contributed by atoms with Gasteiger partial charge >= 0.3 is 0 Å². The highest BCUT2D eigenvalue weighted by Crippen LogP contribution is 2.37. The van der Waals surface area contributed by atoms with Gasteiger partial charge in [0, 0.05) is 5.69 Å². The summed E-state index contributed by atoms with van der Waals surface area (Å²) < 4.78 is 1.48. The van der Waals surface area contributed by atoms with Crippen molar-refractivity contribution in [3.63, 3.8) is 0 Å². The topological polar surface area (TPSA) is 85.6 Å². The van der Waals surface area contributed by atoms with Gasteiger partial charge in [0.2, 0.25) is 0 Å². The maximum Gasteiger partial charge on any atom is 0.276 e. The van der Waals surface area contributed by atoms with Crippen LogP contribution in [0.15, 0.2) is 67.3 Å². The Morgan fingerprint density at radius 2 is 1.85 bits per heavy atom. The summed E-state index contributed by atoms with van der Waals surface area (Å²) in [5.41, 5.74) is 5.99. The lowest BCUT2D eigenvalue weighted by molar-refractivity contribution is 0.102. The van der Waals surface area contributed by atoms with Crippen LogP contribution in [-0.2, 0) is 6.42 Å². The first kappa shape index (κ1) is 15.4. The molecule has 0 fully saturated rings. The van der Waals surface area contributed by atoms with Gasteiger partial charge in [-0.05, 0) is 52.9 Å². The van der Waals surface area contributed by atoms with Crippen LogP contribution in [-0.4, -0.2) is 30.9 Å². The van der Waals surface area contributed by atoms with Gasteiger partial charge in [0.05, 0.1) is 0 Å². The summed E-state index contributed by atoms with van der Waals surface area (Å²) >= 11 is 0. The van der Waals surface area contributed by atoms with Gasteiger partial charge in [0.15, 0.2) is 11.5 Å². The fourth-order valence-corrected chi connectivity index (χ4v) is 3.31. The minimum atomic E-state index is -0.303. The Morgan fingerprint density at radius 3 is 2.67 bits per heavy atom. The van der Waals surface area contributed by atoms with Crippen LogP contribution in [0.2, 0.25) is 0 Å². The van der Waals surface area contributed by atoms with Crippen molar-refractivity contribution >= 4 is 11.6 Å². The molecule has 7 nitrogen and oxygen atoms in total. The van der Waals surface area contributed by atoms with E-state index in [1.165, 1.54) is 39.6 Å². The minimum Gasteiger partial charge on any atom is -0.321 e. The fourth-order valence-electron chi connectivity index (χ4n) is 3.31. The van der Waals surface area contributed by atoms with Crippen molar-refractivity contribution in [3.05, 3.63) is 84.1 Å². The quantitative estimate of drug-likeness (QED) is 0.538. The summed E-state index contributed by atoms with van der Waals surface area (Å²) in [6.45, 7) is 0. The summed E-state index contributed by atoms with van der Waals surface area (Å²) in [5, 5.41) is 14.9. The molecule has 0 saturated heterocycles. The van der Waals surface area contributed by atoms with Gasteiger partial charge in [0.25, 0.3) is 5.91 Å². The predicted octanol–water partition coefficient (Wildman–Crippen LogP) is 2.88. The monoisotopic (exact) mass is 354 g/mol. The van der Waals surface area contributed by atoms with Crippen LogP contribution in [0.5, 0.6) is 0 Å². The van der Waals surface area contributed by atoms with Crippen molar-refractivity contribution in [2.45, 2.75) is 6.42 Å². The highest BCUT2D eigenvalue weighted by molar-refractivity contribution is 6.03. The van der Waals surface area contributed by atoms with Crippen molar-refractivity contribution in [1.29, 1.82) is 0 Å². The molecular formula is C20H14N6O. The molecule has 7 heteroatoms. The number of nitrogens with zero attached hydrogens (tertiary/aromatic N) is 5. The van der Waals surface area contributed by atoms with E-state index in [2.05, 4.69) is 49.9 Å². The second-order valence-corrected chi connectivity index (χ2v) is 6.28. The van der Waals surface area contributed by atoms with Crippen LogP contribution in [0.3, 0.4) is 0 Å². The molecule has 2 heterocycles. The third kappa shape index (κ3) is 2.75. The molecular weight excluding hydrogens is 340 g/mol. The smallest absolute Gasteiger partial charge is 0.276 e. The Morgan fingerprint density at radius 1 is 0.963 bits per heavy atom. The molecule has 2 aromatic heterocycles. The molecule has 1 N–H and O–H groups in total. The molecule has 1 amide bonds. The minimum absolute atomic E-state index is 0.239. The summed E-state index contributed by atoms with van der Waals surface area (Å²) in [5.74, 6) is 0.197. The predicted molar refractivity (Wildman–Crippen MR) is 99.6 cm³/mol. The van der Waals surface area contributed by atoms with E-state index >= 15 is 0 Å². The van der Waals surface area contributed by atoms with Crippen LogP contribution >= 0.6 is 0 Å². The zero-order chi connectivity index (χ0) is 18.2. The largest absolute Gasteiger partial charge is 0.321 e. The van der Waals surface area contributed by atoms with Gasteiger partial charge in [-0.25, -0.2) is 9.67 Å². The van der Waals surface area contributed by atoms with Gasteiger partial charge in [-0.2, -0.15) is 5.10 Å². The molecule has 1 aliphatic rings. The van der Waals surface area contributed by atoms with Crippen molar-refractivity contribution in [2.24, 2.45) is 0 Å². The summed E-state index contributed by atoms with van der Waals surface area (Å²) in [6, 6.07) is 17.6. The number of benzene rings is 2. The van der Waals surface area contributed by atoms with Gasteiger partial charge in [-0.1, -0.05) is 30.3 Å². The molecule has 4 aromatic rings. The molecule has 5 rings (SSSR count). The highest BCUT2D eigenvalue weighted by atomic mass is 16.1. The maximum absolute atomic E-state index is 12.5. The molecule has 1 aliphatic carbocycles. The first-order chi connectivity index (χ1) is 13.3. The first-order valence-corrected chi connectivity index (χ1v) is 8.49. The lowest BCUT2D eigenvalue weighted by Crippen LogP contribution is -2.15. The molecule has 0 radical (unpaired) electrons. The van der Waals surface area contributed by atoms with E-state index in [-0.39, 0.29) is 11.6 Å². The number of fused-ring (bicyclic) bond motifs is 3. The molecule has 0 unspecified atom stereocenters. The van der Waals surface area contributed by atoms with Gasteiger partial charge in [-0.3, -0.25) is 4.79 Å². The van der Waals surface area contributed by atoms with Gasteiger partial charge < -0.3 is 5.32 Å². The highest BCUT2D eigenvalue weighted by Gasteiger charge is 2.18. The van der Waals surface area contributed by atoms with Gasteiger partial charge in [0.1, 0.15) is 12.7 Å². The number of carbonyl (C=O) groups excluding carboxylic acids is 1. The van der Waals surface area contributed by atoms with E-state index in [9.17, 15) is 4.79 Å². The number of rotatable bonds is 3. The molecule has 27 heavy (non-hydrogen) atoms. The van der Waals surface area contributed by atoms with Crippen LogP contribution in [0.25, 0.3) is 16.9 Å². The second kappa shape index (κ2) is 6.14. The van der Waals surface area contributed by atoms with Crippen molar-refractivity contribution in [1.82, 2.24) is 25.0 Å². The summed E-state index contributed by atoms with van der Waals surface area (Å²) in [4.78, 5) is 16.3. The Balaban J connectivity index is 1.35. The third-order valence-electron chi connectivity index (χ3n) is 4.59. The first-order valence-electron chi connectivity index (χ1n) is 8.49. The average Bonchev–Trinajstić information content (AvgIpc) is 3.35. The lowest BCUT2D eigenvalue weighted by atomic mass is 10.1. The zero-order valence-electron chi connectivity index (χ0n) is 14.2. The van der Waals surface area contributed by atoms with E-state index in [0.29, 0.717) is 5.82 Å². The van der Waals surface area contributed by atoms with E-state index in [1.54, 1.807) is 12.1 Å². The Labute approximate surface area is 154 Å². The lowest BCUT2D eigenvalue weighted by Gasteiger charge is -2.07. The van der Waals surface area contributed by atoms with Crippen molar-refractivity contribution in [3.8, 4) is 16.9 Å². The number of anilines is 1. The fraction of sp³-hybridized carbons (Fsp3) is 0.0500. The van der Waals surface area contributed by atoms with Crippen LogP contribution in [0, 0.1) is 0 Å². The Kier molecular flexibility index (Phi) is 3.50. The SMILES string of the molecule is O=C(Nc1ccc2c(c1)Cc1ccccc1-2)c1ccc(-n2cncn2)nn1. The molecule has 0 bridgehead atoms. The van der Waals surface area contributed by atoms with Crippen LogP contribution in [0.4, 0.5) is 5.69 Å². The Bertz CT molecular complexity index is 1140. The van der Waals surface area contributed by atoms with E-state index in [1.807, 2.05) is 18.2 Å². The number of carbonyl (C=O) groups is 1. The molecule has 130 valence electrons. The molecule has 2 aromatic carbocycles. The average molecular weight is 354 g/mol. The van der Waals surface area contributed by atoms with E-state index in [4.69, 9.17) is 0 Å². The molecule has 0 atom stereocenters. The summed E-state index contributed by atoms with van der Waals surface area (Å²) in [6.07, 6.45) is 3.81. The number of nitrogens with one attached hydrogen (secondary N) is 1. The maximum atomic E-state index is 12.5. The second-order valence-electron chi connectivity index (χ2n) is 6.28.